The predicted molar refractivity (Wildman–Crippen MR) is 62.1 cm³/mol. The quantitative estimate of drug-likeness (QED) is 0.788. The van der Waals surface area contributed by atoms with Gasteiger partial charge in [-0.1, -0.05) is 6.07 Å². The van der Waals surface area contributed by atoms with E-state index in [0.29, 0.717) is 18.7 Å². The molecule has 16 heavy (non-hydrogen) atoms. The lowest BCUT2D eigenvalue weighted by molar-refractivity contribution is 0.319. The van der Waals surface area contributed by atoms with Crippen molar-refractivity contribution in [2.24, 2.45) is 0 Å². The molecule has 0 unspecified atom stereocenters. The summed E-state index contributed by atoms with van der Waals surface area (Å²) in [7, 11) is 0. The van der Waals surface area contributed by atoms with Crippen LogP contribution in [-0.4, -0.2) is 16.6 Å². The summed E-state index contributed by atoms with van der Waals surface area (Å²) in [5, 5.41) is 0. The second-order valence-corrected chi connectivity index (χ2v) is 3.34. The average Bonchev–Trinajstić information content (AvgIpc) is 2.30. The number of nitrogens with two attached hydrogens (primary N) is 1. The van der Waals surface area contributed by atoms with Crippen LogP contribution >= 0.6 is 0 Å². The van der Waals surface area contributed by atoms with Crippen LogP contribution in [0.2, 0.25) is 0 Å². The number of rotatable bonds is 4. The Labute approximate surface area is 94.1 Å². The molecule has 0 saturated heterocycles. The minimum Gasteiger partial charge on any atom is -0.493 e. The number of benzene rings is 1. The van der Waals surface area contributed by atoms with Gasteiger partial charge in [0.05, 0.1) is 6.61 Å². The zero-order valence-electron chi connectivity index (χ0n) is 8.84. The van der Waals surface area contributed by atoms with Crippen molar-refractivity contribution in [2.45, 2.75) is 6.42 Å². The third-order valence-electron chi connectivity index (χ3n) is 2.07. The number of nitrogen functional groups attached to an aromatic ring is 1. The Morgan fingerprint density at radius 1 is 1.12 bits per heavy atom. The fraction of sp³-hybridized carbons (Fsp3) is 0.167. The first-order valence-corrected chi connectivity index (χ1v) is 5.09. The van der Waals surface area contributed by atoms with E-state index >= 15 is 0 Å². The standard InChI is InChI=1S/C12H13N3O/c13-10-3-1-4-11(9-10)16-8-5-12-14-6-2-7-15-12/h1-4,6-7,9H,5,8,13H2. The molecule has 1 heterocycles. The summed E-state index contributed by atoms with van der Waals surface area (Å²) in [6.45, 7) is 0.549. The van der Waals surface area contributed by atoms with Gasteiger partial charge in [-0.05, 0) is 18.2 Å². The molecule has 2 rings (SSSR count). The molecule has 1 aromatic carbocycles. The molecule has 0 bridgehead atoms. The lowest BCUT2D eigenvalue weighted by atomic mass is 10.3. The van der Waals surface area contributed by atoms with E-state index in [1.54, 1.807) is 24.5 Å². The van der Waals surface area contributed by atoms with Crippen LogP contribution in [0.25, 0.3) is 0 Å². The van der Waals surface area contributed by atoms with Crippen molar-refractivity contribution >= 4 is 5.69 Å². The summed E-state index contributed by atoms with van der Waals surface area (Å²) in [5.41, 5.74) is 6.34. The van der Waals surface area contributed by atoms with Gasteiger partial charge in [-0.25, -0.2) is 9.97 Å². The van der Waals surface area contributed by atoms with Crippen LogP contribution in [0.4, 0.5) is 5.69 Å². The summed E-state index contributed by atoms with van der Waals surface area (Å²) < 4.78 is 5.53. The monoisotopic (exact) mass is 215 g/mol. The molecule has 0 radical (unpaired) electrons. The van der Waals surface area contributed by atoms with E-state index in [1.807, 2.05) is 18.2 Å². The highest BCUT2D eigenvalue weighted by atomic mass is 16.5. The van der Waals surface area contributed by atoms with Crippen molar-refractivity contribution in [3.05, 3.63) is 48.5 Å². The Balaban J connectivity index is 1.85. The van der Waals surface area contributed by atoms with Gasteiger partial charge in [0.15, 0.2) is 0 Å². The third kappa shape index (κ3) is 2.95. The van der Waals surface area contributed by atoms with Crippen molar-refractivity contribution in [1.29, 1.82) is 0 Å². The summed E-state index contributed by atoms with van der Waals surface area (Å²) >= 11 is 0. The first-order chi connectivity index (χ1) is 7.84. The van der Waals surface area contributed by atoms with Crippen LogP contribution < -0.4 is 10.5 Å². The second kappa shape index (κ2) is 5.11. The normalized spacial score (nSPS) is 10.0. The highest BCUT2D eigenvalue weighted by molar-refractivity contribution is 5.43. The topological polar surface area (TPSA) is 61.0 Å². The zero-order chi connectivity index (χ0) is 11.2. The van der Waals surface area contributed by atoms with Crippen molar-refractivity contribution in [3.63, 3.8) is 0 Å². The Hall–Kier alpha value is -2.10. The van der Waals surface area contributed by atoms with Gasteiger partial charge >= 0.3 is 0 Å². The molecule has 0 aliphatic heterocycles. The lowest BCUT2D eigenvalue weighted by Crippen LogP contribution is -2.04. The van der Waals surface area contributed by atoms with Gasteiger partial charge in [-0.2, -0.15) is 0 Å². The Kier molecular flexibility index (Phi) is 3.33. The van der Waals surface area contributed by atoms with Crippen LogP contribution in [0.15, 0.2) is 42.7 Å². The molecule has 0 aliphatic carbocycles. The highest BCUT2D eigenvalue weighted by Crippen LogP contribution is 2.14. The predicted octanol–water partition coefficient (Wildman–Crippen LogP) is 1.68. The summed E-state index contributed by atoms with van der Waals surface area (Å²) in [6.07, 6.45) is 4.14. The van der Waals surface area contributed by atoms with Crippen molar-refractivity contribution in [3.8, 4) is 5.75 Å². The van der Waals surface area contributed by atoms with Crippen molar-refractivity contribution < 1.29 is 4.74 Å². The number of nitrogens with zero attached hydrogens (tertiary/aromatic N) is 2. The minimum atomic E-state index is 0.549. The van der Waals surface area contributed by atoms with Gasteiger partial charge in [0.25, 0.3) is 0 Å². The molecule has 0 atom stereocenters. The van der Waals surface area contributed by atoms with Gasteiger partial charge in [0.2, 0.25) is 0 Å². The van der Waals surface area contributed by atoms with Crippen LogP contribution in [0.3, 0.4) is 0 Å². The Bertz CT molecular complexity index is 445. The van der Waals surface area contributed by atoms with E-state index in [2.05, 4.69) is 9.97 Å². The number of hydrogen-bond acceptors (Lipinski definition) is 4. The van der Waals surface area contributed by atoms with E-state index in [1.165, 1.54) is 0 Å². The van der Waals surface area contributed by atoms with Gasteiger partial charge in [-0.3, -0.25) is 0 Å². The second-order valence-electron chi connectivity index (χ2n) is 3.34. The number of anilines is 1. The molecule has 0 amide bonds. The fourth-order valence-corrected chi connectivity index (χ4v) is 1.32. The Morgan fingerprint density at radius 3 is 2.69 bits per heavy atom. The van der Waals surface area contributed by atoms with Crippen LogP contribution in [0, 0.1) is 0 Å². The summed E-state index contributed by atoms with van der Waals surface area (Å²) in [5.74, 6) is 1.56. The van der Waals surface area contributed by atoms with E-state index in [0.717, 1.165) is 11.6 Å². The maximum Gasteiger partial charge on any atom is 0.131 e. The number of aromatic nitrogens is 2. The van der Waals surface area contributed by atoms with Gasteiger partial charge in [0, 0.05) is 30.6 Å². The minimum absolute atomic E-state index is 0.549. The molecular weight excluding hydrogens is 202 g/mol. The van der Waals surface area contributed by atoms with Gasteiger partial charge in [0.1, 0.15) is 11.6 Å². The third-order valence-corrected chi connectivity index (χ3v) is 2.07. The maximum atomic E-state index is 5.64. The van der Waals surface area contributed by atoms with Crippen LogP contribution in [-0.2, 0) is 6.42 Å². The molecule has 82 valence electrons. The van der Waals surface area contributed by atoms with E-state index in [9.17, 15) is 0 Å². The molecule has 4 nitrogen and oxygen atoms in total. The number of ether oxygens (including phenoxy) is 1. The molecule has 2 aromatic rings. The number of hydrogen-bond donors (Lipinski definition) is 1. The SMILES string of the molecule is Nc1cccc(OCCc2ncccn2)c1. The molecular formula is C12H13N3O. The molecule has 0 aliphatic rings. The molecule has 4 heteroatoms. The highest BCUT2D eigenvalue weighted by Gasteiger charge is 1.97. The zero-order valence-corrected chi connectivity index (χ0v) is 8.84. The van der Waals surface area contributed by atoms with Crippen molar-refractivity contribution in [1.82, 2.24) is 9.97 Å². The first kappa shape index (κ1) is 10.4. The van der Waals surface area contributed by atoms with E-state index in [4.69, 9.17) is 10.5 Å². The molecule has 0 spiro atoms. The summed E-state index contributed by atoms with van der Waals surface area (Å²) in [4.78, 5) is 8.22. The lowest BCUT2D eigenvalue weighted by Gasteiger charge is -2.05. The maximum absolute atomic E-state index is 5.64. The first-order valence-electron chi connectivity index (χ1n) is 5.09. The Morgan fingerprint density at radius 2 is 1.94 bits per heavy atom. The molecule has 0 saturated carbocycles. The average molecular weight is 215 g/mol. The smallest absolute Gasteiger partial charge is 0.131 e. The van der Waals surface area contributed by atoms with Gasteiger partial charge < -0.3 is 10.5 Å². The fourth-order valence-electron chi connectivity index (χ4n) is 1.32. The largest absolute Gasteiger partial charge is 0.493 e. The van der Waals surface area contributed by atoms with E-state index in [-0.39, 0.29) is 0 Å². The van der Waals surface area contributed by atoms with Gasteiger partial charge in [-0.15, -0.1) is 0 Å². The molecule has 2 N–H and O–H groups in total. The molecule has 0 fully saturated rings. The van der Waals surface area contributed by atoms with Crippen LogP contribution in [0.1, 0.15) is 5.82 Å². The summed E-state index contributed by atoms with van der Waals surface area (Å²) in [6, 6.07) is 9.16. The molecule has 1 aromatic heterocycles. The van der Waals surface area contributed by atoms with Crippen LogP contribution in [0.5, 0.6) is 5.75 Å². The van der Waals surface area contributed by atoms with Crippen molar-refractivity contribution in [2.75, 3.05) is 12.3 Å². The van der Waals surface area contributed by atoms with E-state index < -0.39 is 0 Å².